The highest BCUT2D eigenvalue weighted by molar-refractivity contribution is 7.80. The number of piperidine rings is 1. The molecule has 0 atom stereocenters. The number of hydrogen-bond acceptors (Lipinski definition) is 6. The van der Waals surface area contributed by atoms with Crippen LogP contribution in [0.3, 0.4) is 0 Å². The van der Waals surface area contributed by atoms with Crippen LogP contribution < -0.4 is 20.3 Å². The topological polar surface area (TPSA) is 75.2 Å². The Kier molecular flexibility index (Phi) is 5.95. The largest absolute Gasteiger partial charge is 0.481 e. The van der Waals surface area contributed by atoms with Gasteiger partial charge in [-0.1, -0.05) is 6.07 Å². The van der Waals surface area contributed by atoms with Gasteiger partial charge < -0.3 is 20.3 Å². The third-order valence-electron chi connectivity index (χ3n) is 3.98. The summed E-state index contributed by atoms with van der Waals surface area (Å²) in [6.45, 7) is 2.59. The fourth-order valence-corrected chi connectivity index (χ4v) is 2.85. The highest BCUT2D eigenvalue weighted by Gasteiger charge is 2.15. The molecule has 1 saturated heterocycles. The second kappa shape index (κ2) is 8.57. The van der Waals surface area contributed by atoms with Gasteiger partial charge in [-0.15, -0.1) is 0 Å². The molecule has 2 aromatic heterocycles. The van der Waals surface area contributed by atoms with E-state index in [1.54, 1.807) is 19.5 Å². The lowest BCUT2D eigenvalue weighted by atomic mass is 10.1. The summed E-state index contributed by atoms with van der Waals surface area (Å²) in [4.78, 5) is 15.3. The highest BCUT2D eigenvalue weighted by atomic mass is 32.1. The number of ether oxygens (including phenoxy) is 1. The van der Waals surface area contributed by atoms with Gasteiger partial charge in [-0.05, 0) is 43.1 Å². The molecule has 7 nitrogen and oxygen atoms in total. The lowest BCUT2D eigenvalue weighted by Crippen LogP contribution is -2.31. The van der Waals surface area contributed by atoms with Crippen molar-refractivity contribution in [1.29, 1.82) is 0 Å². The molecule has 3 heterocycles. The van der Waals surface area contributed by atoms with Gasteiger partial charge in [-0.2, -0.15) is 9.97 Å². The summed E-state index contributed by atoms with van der Waals surface area (Å²) in [7, 11) is 1.60. The zero-order valence-corrected chi connectivity index (χ0v) is 15.1. The molecule has 25 heavy (non-hydrogen) atoms. The van der Waals surface area contributed by atoms with Crippen molar-refractivity contribution >= 4 is 29.1 Å². The van der Waals surface area contributed by atoms with E-state index < -0.39 is 0 Å². The van der Waals surface area contributed by atoms with Crippen LogP contribution in [0.25, 0.3) is 0 Å². The van der Waals surface area contributed by atoms with Crippen LogP contribution in [-0.2, 0) is 6.54 Å². The monoisotopic (exact) mass is 358 g/mol. The van der Waals surface area contributed by atoms with Gasteiger partial charge in [0, 0.05) is 38.1 Å². The average molecular weight is 358 g/mol. The summed E-state index contributed by atoms with van der Waals surface area (Å²) in [5.74, 6) is 1.82. The van der Waals surface area contributed by atoms with E-state index in [0.717, 1.165) is 24.5 Å². The SMILES string of the molecule is COc1cc(N2CCCCC2)nc(NC(=S)NCc2cccnc2)n1. The molecule has 1 aliphatic heterocycles. The Morgan fingerprint density at radius 2 is 2.12 bits per heavy atom. The Morgan fingerprint density at radius 3 is 2.84 bits per heavy atom. The number of thiocarbonyl (C=S) groups is 1. The predicted molar refractivity (Wildman–Crippen MR) is 102 cm³/mol. The second-order valence-electron chi connectivity index (χ2n) is 5.81. The minimum Gasteiger partial charge on any atom is -0.481 e. The number of anilines is 2. The molecule has 132 valence electrons. The number of pyridine rings is 1. The van der Waals surface area contributed by atoms with E-state index in [1.807, 2.05) is 18.2 Å². The van der Waals surface area contributed by atoms with Crippen molar-refractivity contribution in [1.82, 2.24) is 20.3 Å². The smallest absolute Gasteiger partial charge is 0.234 e. The minimum absolute atomic E-state index is 0.434. The minimum atomic E-state index is 0.434. The maximum absolute atomic E-state index is 5.34. The molecule has 0 bridgehead atoms. The second-order valence-corrected chi connectivity index (χ2v) is 6.22. The molecule has 0 spiro atoms. The third kappa shape index (κ3) is 4.99. The Morgan fingerprint density at radius 1 is 1.28 bits per heavy atom. The summed E-state index contributed by atoms with van der Waals surface area (Å²) >= 11 is 5.34. The van der Waals surface area contributed by atoms with Crippen LogP contribution in [-0.4, -0.2) is 40.3 Å². The fourth-order valence-electron chi connectivity index (χ4n) is 2.69. The molecular formula is C17H22N6OS. The van der Waals surface area contributed by atoms with Crippen molar-refractivity contribution in [2.24, 2.45) is 0 Å². The number of nitrogens with zero attached hydrogens (tertiary/aromatic N) is 4. The van der Waals surface area contributed by atoms with Crippen molar-refractivity contribution in [2.75, 3.05) is 30.4 Å². The Bertz CT molecular complexity index is 706. The number of hydrogen-bond donors (Lipinski definition) is 2. The molecule has 2 N–H and O–H groups in total. The lowest BCUT2D eigenvalue weighted by Gasteiger charge is -2.28. The zero-order chi connectivity index (χ0) is 17.5. The fraction of sp³-hybridized carbons (Fsp3) is 0.412. The Labute approximate surface area is 152 Å². The van der Waals surface area contributed by atoms with Gasteiger partial charge in [0.2, 0.25) is 11.8 Å². The molecule has 0 unspecified atom stereocenters. The first-order valence-electron chi connectivity index (χ1n) is 8.36. The first kappa shape index (κ1) is 17.3. The van der Waals surface area contributed by atoms with Gasteiger partial charge in [0.05, 0.1) is 7.11 Å². The Hall–Kier alpha value is -2.48. The van der Waals surface area contributed by atoms with Crippen LogP contribution in [0.5, 0.6) is 5.88 Å². The number of aromatic nitrogens is 3. The standard InChI is InChI=1S/C17H22N6OS/c1-24-15-10-14(23-8-3-2-4-9-23)20-16(21-15)22-17(25)19-12-13-6-5-7-18-11-13/h5-7,10-11H,2-4,8-9,12H2,1H3,(H2,19,20,21,22,25). The van der Waals surface area contributed by atoms with Crippen LogP contribution in [0.2, 0.25) is 0 Å². The van der Waals surface area contributed by atoms with Gasteiger partial charge in [0.15, 0.2) is 5.11 Å². The lowest BCUT2D eigenvalue weighted by molar-refractivity contribution is 0.397. The molecule has 1 aliphatic rings. The van der Waals surface area contributed by atoms with Gasteiger partial charge in [0.25, 0.3) is 0 Å². The van der Waals surface area contributed by atoms with E-state index in [1.165, 1.54) is 19.3 Å². The van der Waals surface area contributed by atoms with Crippen molar-refractivity contribution in [3.63, 3.8) is 0 Å². The first-order chi connectivity index (χ1) is 12.2. The van der Waals surface area contributed by atoms with E-state index >= 15 is 0 Å². The van der Waals surface area contributed by atoms with E-state index in [4.69, 9.17) is 17.0 Å². The maximum Gasteiger partial charge on any atom is 0.234 e. The molecule has 0 radical (unpaired) electrons. The van der Waals surface area contributed by atoms with Crippen LogP contribution >= 0.6 is 12.2 Å². The van der Waals surface area contributed by atoms with Crippen LogP contribution in [0, 0.1) is 0 Å². The molecule has 3 rings (SSSR count). The van der Waals surface area contributed by atoms with Crippen molar-refractivity contribution < 1.29 is 4.74 Å². The van der Waals surface area contributed by atoms with E-state index in [0.29, 0.717) is 23.5 Å². The third-order valence-corrected chi connectivity index (χ3v) is 4.23. The summed E-state index contributed by atoms with van der Waals surface area (Å²) in [5, 5.41) is 6.63. The zero-order valence-electron chi connectivity index (χ0n) is 14.2. The summed E-state index contributed by atoms with van der Waals surface area (Å²) in [5.41, 5.74) is 1.05. The van der Waals surface area contributed by atoms with E-state index in [9.17, 15) is 0 Å². The Balaban J connectivity index is 1.65. The van der Waals surface area contributed by atoms with Crippen molar-refractivity contribution in [3.05, 3.63) is 36.2 Å². The summed E-state index contributed by atoms with van der Waals surface area (Å²) in [6.07, 6.45) is 7.17. The molecule has 0 aliphatic carbocycles. The molecule has 0 aromatic carbocycles. The molecule has 8 heteroatoms. The van der Waals surface area contributed by atoms with Gasteiger partial charge in [0.1, 0.15) is 5.82 Å². The molecule has 0 saturated carbocycles. The highest BCUT2D eigenvalue weighted by Crippen LogP contribution is 2.22. The van der Waals surface area contributed by atoms with Gasteiger partial charge in [-0.25, -0.2) is 0 Å². The molecule has 2 aromatic rings. The van der Waals surface area contributed by atoms with Crippen molar-refractivity contribution in [3.8, 4) is 5.88 Å². The number of methoxy groups -OCH3 is 1. The van der Waals surface area contributed by atoms with Crippen LogP contribution in [0.1, 0.15) is 24.8 Å². The number of nitrogens with one attached hydrogen (secondary N) is 2. The van der Waals surface area contributed by atoms with Gasteiger partial charge in [-0.3, -0.25) is 4.98 Å². The van der Waals surface area contributed by atoms with Crippen LogP contribution in [0.4, 0.5) is 11.8 Å². The van der Waals surface area contributed by atoms with Crippen molar-refractivity contribution in [2.45, 2.75) is 25.8 Å². The molecule has 1 fully saturated rings. The maximum atomic E-state index is 5.34. The quantitative estimate of drug-likeness (QED) is 0.789. The van der Waals surface area contributed by atoms with Crippen LogP contribution in [0.15, 0.2) is 30.6 Å². The molecular weight excluding hydrogens is 336 g/mol. The average Bonchev–Trinajstić information content (AvgIpc) is 2.67. The molecule has 0 amide bonds. The van der Waals surface area contributed by atoms with Gasteiger partial charge >= 0.3 is 0 Å². The predicted octanol–water partition coefficient (Wildman–Crippen LogP) is 2.36. The van der Waals surface area contributed by atoms with E-state index in [-0.39, 0.29) is 0 Å². The normalized spacial score (nSPS) is 14.0. The van der Waals surface area contributed by atoms with E-state index in [2.05, 4.69) is 30.5 Å². The summed E-state index contributed by atoms with van der Waals surface area (Å²) in [6, 6.07) is 5.74. The summed E-state index contributed by atoms with van der Waals surface area (Å²) < 4.78 is 5.31. The first-order valence-corrected chi connectivity index (χ1v) is 8.77. The number of rotatable bonds is 5.